The lowest BCUT2D eigenvalue weighted by Gasteiger charge is -2.47. The molecule has 2 fully saturated rings. The van der Waals surface area contributed by atoms with E-state index in [1.165, 1.54) is 0 Å². The monoisotopic (exact) mass is 363 g/mol. The van der Waals surface area contributed by atoms with E-state index < -0.39 is 16.8 Å². The third-order valence-corrected chi connectivity index (χ3v) is 6.58. The summed E-state index contributed by atoms with van der Waals surface area (Å²) < 4.78 is 0. The van der Waals surface area contributed by atoms with Crippen molar-refractivity contribution in [1.29, 1.82) is 0 Å². The van der Waals surface area contributed by atoms with Crippen molar-refractivity contribution in [2.24, 2.45) is 0 Å². The fourth-order valence-electron chi connectivity index (χ4n) is 4.69. The molecular weight excluding hydrogens is 338 g/mol. The van der Waals surface area contributed by atoms with Crippen molar-refractivity contribution in [2.45, 2.75) is 42.9 Å². The van der Waals surface area contributed by atoms with Gasteiger partial charge in [0.15, 0.2) is 0 Å². The van der Waals surface area contributed by atoms with Crippen molar-refractivity contribution in [3.8, 4) is 0 Å². The first-order chi connectivity index (χ1) is 13.1. The van der Waals surface area contributed by atoms with Gasteiger partial charge in [-0.3, -0.25) is 9.59 Å². The van der Waals surface area contributed by atoms with Crippen LogP contribution in [0.25, 0.3) is 0 Å². The third-order valence-electron chi connectivity index (χ3n) is 6.58. The molecule has 1 aliphatic heterocycles. The summed E-state index contributed by atoms with van der Waals surface area (Å²) in [5.41, 5.74) is 0.639. The van der Waals surface area contributed by atoms with Crippen LogP contribution in [0.4, 0.5) is 0 Å². The van der Waals surface area contributed by atoms with Crippen LogP contribution in [0, 0.1) is 0 Å². The summed E-state index contributed by atoms with van der Waals surface area (Å²) in [6.07, 6.45) is 3.76. The Labute approximate surface area is 159 Å². The lowest BCUT2D eigenvalue weighted by Crippen LogP contribution is -2.56. The molecule has 2 aliphatic rings. The summed E-state index contributed by atoms with van der Waals surface area (Å²) in [4.78, 5) is 27.4. The number of hydrogen-bond donors (Lipinski definition) is 1. The summed E-state index contributed by atoms with van der Waals surface area (Å²) in [6, 6.07) is 19.5. The van der Waals surface area contributed by atoms with Gasteiger partial charge in [-0.2, -0.15) is 0 Å². The molecule has 2 aromatic carbocycles. The predicted molar refractivity (Wildman–Crippen MR) is 104 cm³/mol. The first-order valence-corrected chi connectivity index (χ1v) is 9.72. The fraction of sp³-hybridized carbons (Fsp3) is 0.391. The van der Waals surface area contributed by atoms with E-state index >= 15 is 0 Å². The van der Waals surface area contributed by atoms with E-state index in [9.17, 15) is 14.7 Å². The number of carboxylic acid groups (broad SMARTS) is 1. The number of carbonyl (C=O) groups excluding carboxylic acids is 1. The summed E-state index contributed by atoms with van der Waals surface area (Å²) in [7, 11) is 0. The maximum absolute atomic E-state index is 13.4. The van der Waals surface area contributed by atoms with Crippen LogP contribution in [0.2, 0.25) is 0 Å². The Morgan fingerprint density at radius 2 is 1.22 bits per heavy atom. The van der Waals surface area contributed by atoms with Crippen molar-refractivity contribution in [1.82, 2.24) is 4.90 Å². The van der Waals surface area contributed by atoms with Crippen molar-refractivity contribution in [3.05, 3.63) is 71.8 Å². The second-order valence-electron chi connectivity index (χ2n) is 7.85. The number of aliphatic carboxylic acids is 1. The Hall–Kier alpha value is -2.62. The Balaban J connectivity index is 1.55. The average molecular weight is 363 g/mol. The Bertz CT molecular complexity index is 819. The van der Waals surface area contributed by atoms with Gasteiger partial charge in [-0.15, -0.1) is 0 Å². The summed E-state index contributed by atoms with van der Waals surface area (Å²) in [6.45, 7) is 0.989. The van der Waals surface area contributed by atoms with Crippen molar-refractivity contribution < 1.29 is 14.7 Å². The average Bonchev–Trinajstić information content (AvgIpc) is 2.68. The molecule has 4 rings (SSSR count). The van der Waals surface area contributed by atoms with E-state index in [0.717, 1.165) is 30.4 Å². The molecule has 0 bridgehead atoms. The van der Waals surface area contributed by atoms with E-state index in [-0.39, 0.29) is 5.91 Å². The van der Waals surface area contributed by atoms with E-state index in [1.807, 2.05) is 65.6 Å². The highest BCUT2D eigenvalue weighted by atomic mass is 16.4. The molecule has 140 valence electrons. The second kappa shape index (κ2) is 6.84. The van der Waals surface area contributed by atoms with Gasteiger partial charge in [0.05, 0.1) is 10.8 Å². The molecule has 1 aliphatic carbocycles. The molecule has 1 heterocycles. The molecule has 0 unspecified atom stereocenters. The van der Waals surface area contributed by atoms with E-state index in [2.05, 4.69) is 0 Å². The maximum atomic E-state index is 13.4. The highest BCUT2D eigenvalue weighted by Gasteiger charge is 2.50. The zero-order valence-corrected chi connectivity index (χ0v) is 15.4. The Morgan fingerprint density at radius 1 is 0.741 bits per heavy atom. The van der Waals surface area contributed by atoms with Gasteiger partial charge >= 0.3 is 5.97 Å². The minimum absolute atomic E-state index is 0.173. The molecule has 1 amide bonds. The van der Waals surface area contributed by atoms with Crippen LogP contribution in [0.5, 0.6) is 0 Å². The first kappa shape index (κ1) is 17.8. The lowest BCUT2D eigenvalue weighted by atomic mass is 9.63. The maximum Gasteiger partial charge on any atom is 0.314 e. The van der Waals surface area contributed by atoms with Crippen LogP contribution in [0.15, 0.2) is 60.7 Å². The molecule has 4 nitrogen and oxygen atoms in total. The standard InChI is InChI=1S/C23H25NO3/c25-20(22(12-7-13-22)18-8-3-1-4-9-18)24-16-14-23(15-17-24,21(26)27)19-10-5-2-6-11-19/h1-6,8-11H,7,12-17H2,(H,26,27). The zero-order valence-electron chi connectivity index (χ0n) is 15.4. The van der Waals surface area contributed by atoms with E-state index in [0.29, 0.717) is 25.9 Å². The predicted octanol–water partition coefficient (Wildman–Crippen LogP) is 3.75. The van der Waals surface area contributed by atoms with Gasteiger partial charge in [-0.25, -0.2) is 0 Å². The minimum atomic E-state index is -0.891. The molecule has 0 aromatic heterocycles. The molecule has 1 saturated heterocycles. The highest BCUT2D eigenvalue weighted by molar-refractivity contribution is 5.90. The first-order valence-electron chi connectivity index (χ1n) is 9.72. The van der Waals surface area contributed by atoms with Gasteiger partial charge in [-0.1, -0.05) is 67.1 Å². The van der Waals surface area contributed by atoms with Crippen LogP contribution in [-0.2, 0) is 20.4 Å². The minimum Gasteiger partial charge on any atom is -0.481 e. The molecule has 27 heavy (non-hydrogen) atoms. The second-order valence-corrected chi connectivity index (χ2v) is 7.85. The summed E-state index contributed by atoms with van der Waals surface area (Å²) >= 11 is 0. The van der Waals surface area contributed by atoms with E-state index in [4.69, 9.17) is 0 Å². The zero-order chi connectivity index (χ0) is 18.9. The van der Waals surface area contributed by atoms with Gasteiger partial charge in [-0.05, 0) is 36.8 Å². The number of hydrogen-bond acceptors (Lipinski definition) is 2. The van der Waals surface area contributed by atoms with Crippen LogP contribution in [0.3, 0.4) is 0 Å². The molecular formula is C23H25NO3. The van der Waals surface area contributed by atoms with Gasteiger partial charge < -0.3 is 10.0 Å². The molecule has 1 N–H and O–H groups in total. The normalized spacial score (nSPS) is 20.5. The molecule has 4 heteroatoms. The molecule has 0 atom stereocenters. The number of nitrogens with zero attached hydrogens (tertiary/aromatic N) is 1. The summed E-state index contributed by atoms with van der Waals surface area (Å²) in [5.74, 6) is -0.616. The van der Waals surface area contributed by atoms with Crippen LogP contribution in [-0.4, -0.2) is 35.0 Å². The van der Waals surface area contributed by atoms with Crippen LogP contribution in [0.1, 0.15) is 43.2 Å². The number of amides is 1. The lowest BCUT2D eigenvalue weighted by molar-refractivity contribution is -0.151. The molecule has 2 aromatic rings. The molecule has 0 radical (unpaired) electrons. The van der Waals surface area contributed by atoms with Gasteiger partial charge in [0.25, 0.3) is 0 Å². The van der Waals surface area contributed by atoms with Crippen molar-refractivity contribution in [2.75, 3.05) is 13.1 Å². The van der Waals surface area contributed by atoms with Crippen molar-refractivity contribution in [3.63, 3.8) is 0 Å². The largest absolute Gasteiger partial charge is 0.481 e. The number of benzene rings is 2. The highest BCUT2D eigenvalue weighted by Crippen LogP contribution is 2.46. The topological polar surface area (TPSA) is 57.6 Å². The Kier molecular flexibility index (Phi) is 4.50. The summed E-state index contributed by atoms with van der Waals surface area (Å²) in [5, 5.41) is 9.96. The number of piperidine rings is 1. The quantitative estimate of drug-likeness (QED) is 0.900. The van der Waals surface area contributed by atoms with E-state index in [1.54, 1.807) is 0 Å². The smallest absolute Gasteiger partial charge is 0.314 e. The molecule has 0 spiro atoms. The number of carbonyl (C=O) groups is 2. The van der Waals surface area contributed by atoms with Gasteiger partial charge in [0.2, 0.25) is 5.91 Å². The number of carboxylic acids is 1. The van der Waals surface area contributed by atoms with Gasteiger partial charge in [0, 0.05) is 13.1 Å². The molecule has 1 saturated carbocycles. The van der Waals surface area contributed by atoms with Crippen LogP contribution >= 0.6 is 0 Å². The number of rotatable bonds is 4. The number of likely N-dealkylation sites (tertiary alicyclic amines) is 1. The van der Waals surface area contributed by atoms with Crippen LogP contribution < -0.4 is 0 Å². The Morgan fingerprint density at radius 3 is 1.63 bits per heavy atom. The third kappa shape index (κ3) is 2.84. The van der Waals surface area contributed by atoms with Crippen molar-refractivity contribution >= 4 is 11.9 Å². The fourth-order valence-corrected chi connectivity index (χ4v) is 4.69. The SMILES string of the molecule is O=C(O)C1(c2ccccc2)CCN(C(=O)C2(c3ccccc3)CCC2)CC1. The van der Waals surface area contributed by atoms with Gasteiger partial charge in [0.1, 0.15) is 0 Å².